The number of para-hydroxylation sites is 2. The van der Waals surface area contributed by atoms with E-state index in [2.05, 4.69) is 263 Å². The molecule has 0 saturated heterocycles. The molecule has 6 heteroatoms. The molecule has 0 N–H and O–H groups in total. The van der Waals surface area contributed by atoms with Gasteiger partial charge in [-0.05, 0) is 202 Å². The van der Waals surface area contributed by atoms with Gasteiger partial charge in [-0.15, -0.1) is 22.7 Å². The van der Waals surface area contributed by atoms with Crippen molar-refractivity contribution in [1.29, 1.82) is 0 Å². The van der Waals surface area contributed by atoms with Crippen LogP contribution in [0, 0.1) is 37.5 Å². The molecule has 7 aromatic carbocycles. The number of hydrogen-bond donors (Lipinski definition) is 0. The molecule has 3 nitrogen and oxygen atoms in total. The Kier molecular flexibility index (Phi) is 11.2. The first kappa shape index (κ1) is 50.9. The summed E-state index contributed by atoms with van der Waals surface area (Å²) in [4.78, 5) is 9.59. The van der Waals surface area contributed by atoms with Crippen LogP contribution in [-0.4, -0.2) is 6.71 Å². The first-order valence-electron chi connectivity index (χ1n) is 29.3. The Balaban J connectivity index is 1.17. The molecule has 4 heterocycles. The predicted molar refractivity (Wildman–Crippen MR) is 346 cm³/mol. The monoisotopic (exact) mass is 1070 g/mol. The number of aryl methyl sites for hydroxylation is 2. The summed E-state index contributed by atoms with van der Waals surface area (Å²) in [6.45, 7) is 34.4. The maximum Gasteiger partial charge on any atom is 0.264 e. The fourth-order valence-corrected chi connectivity index (χ4v) is 18.0. The van der Waals surface area contributed by atoms with Crippen LogP contribution in [0.1, 0.15) is 146 Å². The van der Waals surface area contributed by atoms with Crippen LogP contribution in [0.15, 0.2) is 139 Å². The van der Waals surface area contributed by atoms with Crippen molar-refractivity contribution in [3.63, 3.8) is 0 Å². The van der Waals surface area contributed by atoms with E-state index < -0.39 is 0 Å². The van der Waals surface area contributed by atoms with Crippen LogP contribution in [-0.2, 0) is 22.7 Å². The highest BCUT2D eigenvalue weighted by molar-refractivity contribution is 7.30. The molecule has 0 amide bonds. The minimum Gasteiger partial charge on any atom is -0.311 e. The first-order chi connectivity index (χ1) is 37.5. The quantitative estimate of drug-likeness (QED) is 0.159. The maximum absolute atomic E-state index is 2.82. The van der Waals surface area contributed by atoms with E-state index in [1.165, 1.54) is 144 Å². The normalized spacial score (nSPS) is 19.0. The molecule has 1 saturated carbocycles. The number of anilines is 9. The predicted octanol–water partition coefficient (Wildman–Crippen LogP) is 19.6. The topological polar surface area (TPSA) is 9.72 Å². The van der Waals surface area contributed by atoms with E-state index in [0.29, 0.717) is 5.92 Å². The fourth-order valence-electron chi connectivity index (χ4n) is 15.5. The van der Waals surface area contributed by atoms with Gasteiger partial charge in [0.2, 0.25) is 0 Å². The van der Waals surface area contributed by atoms with Crippen LogP contribution in [0.4, 0.5) is 51.2 Å². The summed E-state index contributed by atoms with van der Waals surface area (Å²) in [7, 11) is 0. The van der Waals surface area contributed by atoms with Gasteiger partial charge in [-0.1, -0.05) is 155 Å². The molecule has 1 unspecified atom stereocenters. The molecule has 9 aromatic rings. The van der Waals surface area contributed by atoms with Crippen LogP contribution < -0.4 is 30.4 Å². The average Bonchev–Trinajstić information content (AvgIpc) is 3.04. The van der Waals surface area contributed by atoms with Gasteiger partial charge in [-0.25, -0.2) is 0 Å². The number of nitrogens with zero attached hydrogens (tertiary/aromatic N) is 3. The highest BCUT2D eigenvalue weighted by Crippen LogP contribution is 2.60. The van der Waals surface area contributed by atoms with Gasteiger partial charge in [0, 0.05) is 64.0 Å². The Hall–Kier alpha value is -6.34. The van der Waals surface area contributed by atoms with Gasteiger partial charge in [-0.2, -0.15) is 0 Å². The van der Waals surface area contributed by atoms with Crippen molar-refractivity contribution in [1.82, 2.24) is 0 Å². The summed E-state index contributed by atoms with van der Waals surface area (Å²) in [5.74, 6) is 0.456. The molecular weight excluding hydrogens is 994 g/mol. The van der Waals surface area contributed by atoms with E-state index in [9.17, 15) is 0 Å². The number of allylic oxidation sites excluding steroid dienone is 1. The molecule has 14 rings (SSSR count). The zero-order valence-corrected chi connectivity index (χ0v) is 50.8. The molecule has 0 radical (unpaired) electrons. The zero-order valence-electron chi connectivity index (χ0n) is 49.1. The third-order valence-electron chi connectivity index (χ3n) is 20.1. The molecule has 79 heavy (non-hydrogen) atoms. The van der Waals surface area contributed by atoms with Crippen molar-refractivity contribution in [2.75, 3.05) is 14.7 Å². The minimum atomic E-state index is -0.0682. The van der Waals surface area contributed by atoms with E-state index in [4.69, 9.17) is 0 Å². The molecule has 2 aliphatic heterocycles. The molecule has 1 fully saturated rings. The second kappa shape index (κ2) is 17.3. The van der Waals surface area contributed by atoms with Gasteiger partial charge in [-0.3, -0.25) is 0 Å². The lowest BCUT2D eigenvalue weighted by atomic mass is 9.35. The van der Waals surface area contributed by atoms with Gasteiger partial charge in [0.1, 0.15) is 0 Å². The molecule has 1 atom stereocenters. The largest absolute Gasteiger partial charge is 0.311 e. The van der Waals surface area contributed by atoms with Gasteiger partial charge in [0.15, 0.2) is 0 Å². The van der Waals surface area contributed by atoms with E-state index in [1.54, 1.807) is 5.57 Å². The first-order valence-corrected chi connectivity index (χ1v) is 30.9. The Morgan fingerprint density at radius 2 is 1.20 bits per heavy atom. The maximum atomic E-state index is 2.82. The summed E-state index contributed by atoms with van der Waals surface area (Å²) in [5, 5.41) is 2.63. The number of thiophene rings is 2. The Morgan fingerprint density at radius 1 is 0.570 bits per heavy atom. The number of hydrogen-bond acceptors (Lipinski definition) is 5. The highest BCUT2D eigenvalue weighted by Gasteiger charge is 2.52. The lowest BCUT2D eigenvalue weighted by molar-refractivity contribution is 0.123. The van der Waals surface area contributed by atoms with Crippen LogP contribution in [0.2, 0.25) is 0 Å². The summed E-state index contributed by atoms with van der Waals surface area (Å²) in [6, 6.07) is 52.1. The second-order valence-electron chi connectivity index (χ2n) is 28.0. The Bertz CT molecular complexity index is 4030. The number of fused-ring (bicyclic) bond motifs is 11. The fraction of sp³-hybridized carbons (Fsp3) is 0.342. The van der Waals surface area contributed by atoms with E-state index in [-0.39, 0.29) is 33.8 Å². The van der Waals surface area contributed by atoms with Gasteiger partial charge < -0.3 is 14.7 Å². The Labute approximate surface area is 479 Å². The number of rotatable bonds is 5. The minimum absolute atomic E-state index is 0.00676. The van der Waals surface area contributed by atoms with Crippen molar-refractivity contribution < 1.29 is 0 Å². The standard InChI is InChI=1S/C73H76BN3S2/c1-43-22-15-18-25-55(43)75(56-26-19-16-23-44(56)2)47-39-59-66-60(40-47)77(57-27-21-29-62-64(57)48-24-17-20-28-61(48)78-62)58-33-32-50(69(4,5)6)45(3)65(58)74(66)68-67(49-41-53-54(42-63(49)79-68)73(13,14)37-36-72(53,11)12)76(59)46-30-31-51-52(38-46)71(9,10)35-34-70(51,7)8/h15-33,38-40,42,53H,34-37,41H2,1-14H3. The Morgan fingerprint density at radius 3 is 1.90 bits per heavy atom. The van der Waals surface area contributed by atoms with Crippen molar-refractivity contribution in [3.05, 3.63) is 183 Å². The lowest BCUT2D eigenvalue weighted by Gasteiger charge is -2.50. The van der Waals surface area contributed by atoms with Gasteiger partial charge in [0.05, 0.1) is 17.1 Å². The van der Waals surface area contributed by atoms with Crippen molar-refractivity contribution in [3.8, 4) is 0 Å². The molecular formula is C73H76BN3S2. The van der Waals surface area contributed by atoms with Crippen LogP contribution >= 0.6 is 22.7 Å². The van der Waals surface area contributed by atoms with Crippen LogP contribution in [0.5, 0.6) is 0 Å². The third-order valence-corrected chi connectivity index (χ3v) is 22.5. The third kappa shape index (κ3) is 7.55. The second-order valence-corrected chi connectivity index (χ2v) is 30.1. The van der Waals surface area contributed by atoms with E-state index in [1.807, 2.05) is 11.3 Å². The highest BCUT2D eigenvalue weighted by atomic mass is 32.1. The molecule has 2 aromatic heterocycles. The lowest BCUT2D eigenvalue weighted by Crippen LogP contribution is -2.61. The van der Waals surface area contributed by atoms with Crippen molar-refractivity contribution >= 4 is 123 Å². The SMILES string of the molecule is Cc1ccccc1N(c1cc2c3c(c1)N(c1cccc4sc5ccccc5c14)c1ccc(C(C)(C)C)c(C)c1B3c1sc3c(c1N2c1ccc2c(c1)C(C)(C)CCC2(C)C)CC1C(=C3)C(C)(C)CCC1(C)C)c1ccccc1C. The van der Waals surface area contributed by atoms with Gasteiger partial charge in [0.25, 0.3) is 6.71 Å². The van der Waals surface area contributed by atoms with E-state index in [0.717, 1.165) is 18.5 Å². The molecule has 5 aliphatic rings. The summed E-state index contributed by atoms with van der Waals surface area (Å²) in [5.41, 5.74) is 25.9. The molecule has 0 spiro atoms. The summed E-state index contributed by atoms with van der Waals surface area (Å²) in [6.07, 6.45) is 8.56. The van der Waals surface area contributed by atoms with E-state index >= 15 is 0 Å². The van der Waals surface area contributed by atoms with Gasteiger partial charge >= 0.3 is 0 Å². The van der Waals surface area contributed by atoms with Crippen molar-refractivity contribution in [2.24, 2.45) is 16.7 Å². The van der Waals surface area contributed by atoms with Crippen LogP contribution in [0.3, 0.4) is 0 Å². The van der Waals surface area contributed by atoms with Crippen molar-refractivity contribution in [2.45, 2.75) is 145 Å². The summed E-state index contributed by atoms with van der Waals surface area (Å²) < 4.78 is 4.12. The smallest absolute Gasteiger partial charge is 0.264 e. The van der Waals surface area contributed by atoms with Crippen LogP contribution in [0.25, 0.3) is 26.2 Å². The summed E-state index contributed by atoms with van der Waals surface area (Å²) >= 11 is 4.02. The molecule has 3 aliphatic carbocycles. The molecule has 0 bridgehead atoms. The molecule has 398 valence electrons. The number of benzene rings is 7. The zero-order chi connectivity index (χ0) is 55.0. The average molecular weight is 1070 g/mol.